The topological polar surface area (TPSA) is 527 Å². The fourth-order valence-electron chi connectivity index (χ4n) is 12.2. The number of carbonyl (C=O) groups is 9. The number of ether oxygens (including phenoxy) is 5. The number of amides is 8. The standard InChI is InChI=1S/C70H95N9O27S/c1-6-25-102-69(95)77(45(37-80)38-81)24-23-52(85)59-68(94)79-35-39(3)61(87)60(79)66(92)71-34-46(83)31-50(72-62(88)44-16-14-42(15-17-44)49-33-55(105-76-49)43-18-20-48(21-19-43)101-28-12-10-8-9-11-27-100-5)63(89)73-57(40(4)82)67(93)78-36-47(84)32-51(78)64(90)74-58(65(91)75-59)53(86)29-41-13-22-54(104-70(96)103-26-7-2)56(30-41)106-107(97,98)99/h6-7,13-22,30,33,39-40,45-47,50-53,57-61,80-87,97-99H,1-2,8-12,23-29,31-32,34-38H2,3-5H3,(H,71,92)(H,72,88)(H,73,89)(H,74,90)(H,75,91)/t39-,40+,46+,47+,50?,51-,52+,53+,57-,58-,59-,60-,61-/m0/s1. The number of aliphatic hydroxyl groups is 8. The van der Waals surface area contributed by atoms with Gasteiger partial charge in [0.25, 0.3) is 17.1 Å². The Hall–Kier alpha value is -9.35. The molecule has 13 atom stereocenters. The van der Waals surface area contributed by atoms with Gasteiger partial charge in [-0.2, -0.15) is 0 Å². The van der Waals surface area contributed by atoms with Gasteiger partial charge in [-0.1, -0.05) is 74.9 Å². The zero-order valence-electron chi connectivity index (χ0n) is 59.2. The molecule has 1 aromatic heterocycles. The van der Waals surface area contributed by atoms with Crippen molar-refractivity contribution in [2.75, 3.05) is 72.9 Å². The Labute approximate surface area is 617 Å². The van der Waals surface area contributed by atoms with Crippen molar-refractivity contribution in [1.82, 2.24) is 46.4 Å². The summed E-state index contributed by atoms with van der Waals surface area (Å²) in [7, 11) is 1.68. The summed E-state index contributed by atoms with van der Waals surface area (Å²) in [5.74, 6) is -10.1. The number of β-amino-alcohol motifs (C(OH)–C–C–N with tert-alkyl or cyclic N) is 1. The van der Waals surface area contributed by atoms with Crippen molar-refractivity contribution < 1.29 is 130 Å². The van der Waals surface area contributed by atoms with Gasteiger partial charge < -0.3 is 115 Å². The van der Waals surface area contributed by atoms with E-state index in [9.17, 15) is 88.1 Å². The molecule has 0 bridgehead atoms. The maximum atomic E-state index is 15.3. The number of hydrogen-bond donors (Lipinski definition) is 16. The minimum absolute atomic E-state index is 0.0519. The number of methoxy groups -OCH3 is 1. The van der Waals surface area contributed by atoms with Crippen molar-refractivity contribution in [3.05, 3.63) is 109 Å². The van der Waals surface area contributed by atoms with Crippen LogP contribution in [0.3, 0.4) is 0 Å². The monoisotopic (exact) mass is 1530 g/mol. The number of aromatic nitrogens is 1. The maximum Gasteiger partial charge on any atom is 0.514 e. The van der Waals surface area contributed by atoms with Gasteiger partial charge in [-0.15, -0.1) is 0 Å². The fraction of sp³-hybridized carbons (Fsp3) is 0.514. The Morgan fingerprint density at radius 2 is 1.36 bits per heavy atom. The van der Waals surface area contributed by atoms with Crippen LogP contribution in [0.25, 0.3) is 22.6 Å². The predicted molar refractivity (Wildman–Crippen MR) is 378 cm³/mol. The van der Waals surface area contributed by atoms with E-state index in [0.29, 0.717) is 34.9 Å². The molecule has 3 aromatic carbocycles. The van der Waals surface area contributed by atoms with Gasteiger partial charge in [-0.25, -0.2) is 9.59 Å². The maximum absolute atomic E-state index is 15.3. The van der Waals surface area contributed by atoms with Gasteiger partial charge in [0.15, 0.2) is 17.3 Å². The first-order chi connectivity index (χ1) is 51.0. The number of fused-ring (bicyclic) bond motifs is 2. The molecule has 36 nitrogen and oxygen atoms in total. The van der Waals surface area contributed by atoms with E-state index in [-0.39, 0.29) is 24.3 Å². The number of benzene rings is 3. The lowest BCUT2D eigenvalue weighted by Crippen LogP contribution is -2.64. The lowest BCUT2D eigenvalue weighted by atomic mass is 9.98. The largest absolute Gasteiger partial charge is 0.514 e. The average Bonchev–Trinajstić information content (AvgIpc) is 1.62. The molecule has 0 radical (unpaired) electrons. The van der Waals surface area contributed by atoms with Gasteiger partial charge in [0.2, 0.25) is 35.4 Å². The molecule has 588 valence electrons. The molecule has 7 rings (SSSR count). The van der Waals surface area contributed by atoms with Crippen molar-refractivity contribution in [2.45, 2.75) is 151 Å². The minimum Gasteiger partial charge on any atom is -0.494 e. The number of aliphatic hydroxyl groups excluding tert-OH is 8. The van der Waals surface area contributed by atoms with Crippen LogP contribution in [0.1, 0.15) is 81.1 Å². The summed E-state index contributed by atoms with van der Waals surface area (Å²) in [5, 5.41) is 107. The second-order valence-electron chi connectivity index (χ2n) is 25.9. The summed E-state index contributed by atoms with van der Waals surface area (Å²) in [6.07, 6.45) is -9.44. The van der Waals surface area contributed by atoms with Crippen LogP contribution in [0.5, 0.6) is 17.2 Å². The molecule has 1 unspecified atom stereocenters. The van der Waals surface area contributed by atoms with Crippen LogP contribution in [0.2, 0.25) is 0 Å². The third-order valence-corrected chi connectivity index (χ3v) is 18.3. The van der Waals surface area contributed by atoms with Crippen molar-refractivity contribution in [1.29, 1.82) is 0 Å². The predicted octanol–water partition coefficient (Wildman–Crippen LogP) is 0.520. The first kappa shape index (κ1) is 84.9. The molecule has 3 aliphatic heterocycles. The number of nitrogens with zero attached hydrogens (tertiary/aromatic N) is 4. The van der Waals surface area contributed by atoms with Gasteiger partial charge in [0, 0.05) is 87.8 Å². The van der Waals surface area contributed by atoms with E-state index in [1.54, 1.807) is 13.2 Å². The van der Waals surface area contributed by atoms with E-state index in [4.69, 9.17) is 32.4 Å². The SMILES string of the molecule is C=CCOC(=O)Oc1ccc(C[C@@H](O)[C@@H]2NC(=O)[C@@H]3C[C@@H](O)CN3C(=O)[C@H]([C@@H](C)O)NC(=O)C(NC(=O)c3ccc(-c4cc(-c5ccc(OCCCCCCCOC)cc5)on4)cc3)C[C@@H](O)CNC(=O)[C@@H]3[C@@H](O)[C@@H](C)CN3C(=O)[C@H]([C@H](O)CCN(C(=O)OCC=C)C(CO)CO)NC2=O)cc1OS(O)(O)O. The number of unbranched alkanes of at least 4 members (excludes halogenated alkanes) is 4. The van der Waals surface area contributed by atoms with Crippen LogP contribution in [0.4, 0.5) is 9.59 Å². The summed E-state index contributed by atoms with van der Waals surface area (Å²) in [6.45, 7) is 5.59. The third-order valence-electron chi connectivity index (χ3n) is 17.9. The van der Waals surface area contributed by atoms with Crippen molar-refractivity contribution in [3.63, 3.8) is 0 Å². The van der Waals surface area contributed by atoms with E-state index < -0.39 is 226 Å². The summed E-state index contributed by atoms with van der Waals surface area (Å²) in [4.78, 5) is 132. The normalized spacial score (nSPS) is 23.0. The highest BCUT2D eigenvalue weighted by atomic mass is 32.3. The summed E-state index contributed by atoms with van der Waals surface area (Å²) < 4.78 is 66.3. The van der Waals surface area contributed by atoms with Crippen molar-refractivity contribution >= 4 is 64.8 Å². The van der Waals surface area contributed by atoms with Crippen LogP contribution in [-0.2, 0) is 49.4 Å². The van der Waals surface area contributed by atoms with Crippen LogP contribution in [-0.4, -0.2) is 280 Å². The smallest absolute Gasteiger partial charge is 0.494 e. The minimum atomic E-state index is -4.93. The summed E-state index contributed by atoms with van der Waals surface area (Å²) in [6, 6.07) is 3.97. The van der Waals surface area contributed by atoms with E-state index in [2.05, 4.69) is 44.9 Å². The van der Waals surface area contributed by atoms with E-state index >= 15 is 9.59 Å². The molecule has 0 saturated carbocycles. The quantitative estimate of drug-likeness (QED) is 0.0141. The molecule has 3 aliphatic rings. The first-order valence-electron chi connectivity index (χ1n) is 34.5. The number of rotatable bonds is 31. The van der Waals surface area contributed by atoms with E-state index in [0.717, 1.165) is 78.5 Å². The lowest BCUT2D eigenvalue weighted by molar-refractivity contribution is -0.147. The van der Waals surface area contributed by atoms with E-state index in [1.807, 2.05) is 24.3 Å². The highest BCUT2D eigenvalue weighted by molar-refractivity contribution is 8.15. The molecule has 4 heterocycles. The van der Waals surface area contributed by atoms with E-state index in [1.165, 1.54) is 43.3 Å². The number of nitrogens with one attached hydrogen (secondary N) is 5. The molecule has 3 fully saturated rings. The molecule has 37 heteroatoms. The Bertz CT molecular complexity index is 3670. The zero-order valence-corrected chi connectivity index (χ0v) is 60.0. The van der Waals surface area contributed by atoms with Gasteiger partial charge in [0.05, 0.1) is 62.5 Å². The molecular weight excluding hydrogens is 1430 g/mol. The molecule has 16 N–H and O–H groups in total. The molecule has 4 aromatic rings. The number of hydrogen-bond acceptors (Lipinski definition) is 28. The average molecular weight is 1530 g/mol. The molecule has 8 amide bonds. The lowest BCUT2D eigenvalue weighted by Gasteiger charge is -2.35. The summed E-state index contributed by atoms with van der Waals surface area (Å²) in [5.41, 5.74) is 1.35. The van der Waals surface area contributed by atoms with Crippen molar-refractivity contribution in [3.8, 4) is 39.8 Å². The molecule has 0 aliphatic carbocycles. The Balaban J connectivity index is 1.22. The van der Waals surface area contributed by atoms with Gasteiger partial charge in [-0.3, -0.25) is 47.2 Å². The number of carbonyl (C=O) groups excluding carboxylic acids is 9. The first-order valence-corrected chi connectivity index (χ1v) is 36.0. The van der Waals surface area contributed by atoms with Crippen molar-refractivity contribution in [2.24, 2.45) is 5.92 Å². The Kier molecular flexibility index (Phi) is 32.2. The van der Waals surface area contributed by atoms with Crippen LogP contribution < -0.4 is 40.2 Å². The van der Waals surface area contributed by atoms with Gasteiger partial charge >= 0.3 is 12.2 Å². The summed E-state index contributed by atoms with van der Waals surface area (Å²) >= 11 is -4.93. The second kappa shape index (κ2) is 40.6. The van der Waals surface area contributed by atoms with Crippen LogP contribution in [0.15, 0.2) is 103 Å². The highest BCUT2D eigenvalue weighted by Gasteiger charge is 2.50. The van der Waals surface area contributed by atoms with Crippen LogP contribution in [0, 0.1) is 5.92 Å². The molecule has 107 heavy (non-hydrogen) atoms. The van der Waals surface area contributed by atoms with Crippen LogP contribution >= 0.6 is 11.2 Å². The molecule has 3 saturated heterocycles. The van der Waals surface area contributed by atoms with Gasteiger partial charge in [0.1, 0.15) is 60.9 Å². The van der Waals surface area contributed by atoms with Gasteiger partial charge in [-0.05, 0) is 80.3 Å². The Morgan fingerprint density at radius 3 is 2.02 bits per heavy atom. The fourth-order valence-corrected chi connectivity index (χ4v) is 12.5. The highest BCUT2D eigenvalue weighted by Crippen LogP contribution is 2.42. The second-order valence-corrected chi connectivity index (χ2v) is 27.0. The third kappa shape index (κ3) is 24.1. The molecule has 0 spiro atoms. The molecular formula is C70H95N9O27S. The Morgan fingerprint density at radius 1 is 0.729 bits per heavy atom. The zero-order chi connectivity index (χ0) is 78.2.